The number of aliphatic hydroxyl groups is 1. The summed E-state index contributed by atoms with van der Waals surface area (Å²) in [5, 5.41) is 11.2. The summed E-state index contributed by atoms with van der Waals surface area (Å²) in [6.07, 6.45) is 2.85. The van der Waals surface area contributed by atoms with Gasteiger partial charge in [-0.3, -0.25) is 14.6 Å². The standard InChI is InChI=1S/C32H36N4O4/c1-21-17-36(22(2)19-37)32(39)30-29(26-11-7-8-12-27(26)35(30)4)25-10-6-5-9-24(25)20-40-28(21)18-34(3)31(38)23-13-15-33-16-14-23/h5-16,21-22,28,37H,17-20H2,1-4H3/t21-,22+,28+/m1/s1. The smallest absolute Gasteiger partial charge is 0.271 e. The lowest BCUT2D eigenvalue weighted by Crippen LogP contribution is -2.48. The van der Waals surface area contributed by atoms with Crippen molar-refractivity contribution in [1.29, 1.82) is 0 Å². The minimum atomic E-state index is -0.409. The van der Waals surface area contributed by atoms with Crippen molar-refractivity contribution < 1.29 is 19.4 Å². The lowest BCUT2D eigenvalue weighted by Gasteiger charge is -2.35. The van der Waals surface area contributed by atoms with Crippen molar-refractivity contribution in [2.24, 2.45) is 13.0 Å². The number of rotatable bonds is 5. The Morgan fingerprint density at radius 3 is 2.58 bits per heavy atom. The van der Waals surface area contributed by atoms with E-state index >= 15 is 0 Å². The molecule has 40 heavy (non-hydrogen) atoms. The highest BCUT2D eigenvalue weighted by atomic mass is 16.5. The number of aryl methyl sites for hydroxylation is 1. The first-order chi connectivity index (χ1) is 19.3. The number of pyridine rings is 1. The highest BCUT2D eigenvalue weighted by Gasteiger charge is 2.34. The van der Waals surface area contributed by atoms with Crippen LogP contribution in [0.15, 0.2) is 73.1 Å². The van der Waals surface area contributed by atoms with Gasteiger partial charge >= 0.3 is 0 Å². The van der Waals surface area contributed by atoms with Gasteiger partial charge in [-0.25, -0.2) is 0 Å². The van der Waals surface area contributed by atoms with E-state index in [4.69, 9.17) is 4.74 Å². The maximum absolute atomic E-state index is 14.4. The first kappa shape index (κ1) is 27.6. The summed E-state index contributed by atoms with van der Waals surface area (Å²) in [6.45, 7) is 4.76. The number of carbonyl (C=O) groups excluding carboxylic acids is 2. The monoisotopic (exact) mass is 540 g/mol. The second-order valence-electron chi connectivity index (χ2n) is 10.7. The van der Waals surface area contributed by atoms with E-state index in [2.05, 4.69) is 4.98 Å². The summed E-state index contributed by atoms with van der Waals surface area (Å²) in [5.41, 5.74) is 4.89. The number of aliphatic hydroxyl groups excluding tert-OH is 1. The van der Waals surface area contributed by atoms with Crippen LogP contribution in [0.4, 0.5) is 0 Å². The maximum Gasteiger partial charge on any atom is 0.271 e. The largest absolute Gasteiger partial charge is 0.394 e. The van der Waals surface area contributed by atoms with Crippen molar-refractivity contribution in [3.63, 3.8) is 0 Å². The van der Waals surface area contributed by atoms with Gasteiger partial charge in [0.05, 0.1) is 25.4 Å². The molecule has 2 aromatic carbocycles. The fourth-order valence-electron chi connectivity index (χ4n) is 5.59. The number of likely N-dealkylation sites (N-methyl/N-ethyl adjacent to an activating group) is 1. The zero-order chi connectivity index (χ0) is 28.4. The molecule has 0 unspecified atom stereocenters. The predicted octanol–water partition coefficient (Wildman–Crippen LogP) is 4.37. The number of benzene rings is 2. The molecule has 2 aromatic heterocycles. The first-order valence-corrected chi connectivity index (χ1v) is 13.7. The van der Waals surface area contributed by atoms with Crippen LogP contribution in [0.2, 0.25) is 0 Å². The molecule has 4 aromatic rings. The molecule has 0 bridgehead atoms. The van der Waals surface area contributed by atoms with Crippen LogP contribution in [-0.2, 0) is 18.4 Å². The van der Waals surface area contributed by atoms with Crippen LogP contribution in [-0.4, -0.2) is 75.2 Å². The van der Waals surface area contributed by atoms with Crippen molar-refractivity contribution >= 4 is 22.7 Å². The lowest BCUT2D eigenvalue weighted by atomic mass is 9.96. The Morgan fingerprint density at radius 2 is 1.82 bits per heavy atom. The summed E-state index contributed by atoms with van der Waals surface area (Å²) in [7, 11) is 3.69. The average molecular weight is 541 g/mol. The Hall–Kier alpha value is -4.01. The molecular formula is C32H36N4O4. The van der Waals surface area contributed by atoms with E-state index in [0.717, 1.165) is 27.6 Å². The molecule has 3 atom stereocenters. The number of aromatic nitrogens is 2. The van der Waals surface area contributed by atoms with Gasteiger partial charge in [-0.2, -0.15) is 0 Å². The van der Waals surface area contributed by atoms with Crippen LogP contribution in [0.1, 0.15) is 40.3 Å². The molecule has 1 aliphatic rings. The minimum Gasteiger partial charge on any atom is -0.394 e. The average Bonchev–Trinajstić information content (AvgIpc) is 3.28. The minimum absolute atomic E-state index is 0.122. The van der Waals surface area contributed by atoms with Crippen LogP contribution in [0.25, 0.3) is 22.0 Å². The van der Waals surface area contributed by atoms with E-state index in [1.54, 1.807) is 41.4 Å². The highest BCUT2D eigenvalue weighted by molar-refractivity contribution is 6.10. The summed E-state index contributed by atoms with van der Waals surface area (Å²) in [6, 6.07) is 19.0. The third-order valence-electron chi connectivity index (χ3n) is 7.95. The Kier molecular flexibility index (Phi) is 8.00. The van der Waals surface area contributed by atoms with E-state index in [-0.39, 0.29) is 30.4 Å². The molecule has 0 spiro atoms. The zero-order valence-corrected chi connectivity index (χ0v) is 23.4. The molecule has 1 N–H and O–H groups in total. The second-order valence-corrected chi connectivity index (χ2v) is 10.7. The highest BCUT2D eigenvalue weighted by Crippen LogP contribution is 2.38. The van der Waals surface area contributed by atoms with Crippen molar-refractivity contribution in [2.75, 3.05) is 26.7 Å². The maximum atomic E-state index is 14.4. The van der Waals surface area contributed by atoms with E-state index in [0.29, 0.717) is 31.0 Å². The molecular weight excluding hydrogens is 504 g/mol. The van der Waals surface area contributed by atoms with Gasteiger partial charge in [0.2, 0.25) is 0 Å². The van der Waals surface area contributed by atoms with Gasteiger partial charge < -0.3 is 24.2 Å². The van der Waals surface area contributed by atoms with Gasteiger partial charge in [0.15, 0.2) is 0 Å². The van der Waals surface area contributed by atoms with Crippen LogP contribution in [0.3, 0.4) is 0 Å². The van der Waals surface area contributed by atoms with Crippen LogP contribution in [0, 0.1) is 5.92 Å². The second kappa shape index (κ2) is 11.6. The molecule has 2 amide bonds. The number of hydrogen-bond acceptors (Lipinski definition) is 5. The third kappa shape index (κ3) is 5.12. The number of hydrogen-bond donors (Lipinski definition) is 1. The zero-order valence-electron chi connectivity index (χ0n) is 23.4. The Balaban J connectivity index is 1.60. The van der Waals surface area contributed by atoms with E-state index < -0.39 is 6.04 Å². The van der Waals surface area contributed by atoms with Crippen LogP contribution >= 0.6 is 0 Å². The molecule has 8 heteroatoms. The molecule has 0 aliphatic carbocycles. The van der Waals surface area contributed by atoms with Gasteiger partial charge in [-0.15, -0.1) is 0 Å². The Morgan fingerprint density at radius 1 is 1.12 bits per heavy atom. The van der Waals surface area contributed by atoms with Gasteiger partial charge in [0.1, 0.15) is 5.69 Å². The number of para-hydroxylation sites is 1. The Labute approximate surface area is 234 Å². The fourth-order valence-corrected chi connectivity index (χ4v) is 5.59. The Bertz CT molecular complexity index is 1520. The van der Waals surface area contributed by atoms with E-state index in [1.807, 2.05) is 74.0 Å². The number of ether oxygens (including phenoxy) is 1. The normalized spacial score (nSPS) is 18.5. The van der Waals surface area contributed by atoms with E-state index in [1.165, 1.54) is 0 Å². The molecule has 8 nitrogen and oxygen atoms in total. The molecule has 0 fully saturated rings. The number of carbonyl (C=O) groups is 2. The predicted molar refractivity (Wildman–Crippen MR) is 155 cm³/mol. The third-order valence-corrected chi connectivity index (χ3v) is 7.95. The summed E-state index contributed by atoms with van der Waals surface area (Å²) in [5.74, 6) is -0.392. The van der Waals surface area contributed by atoms with Crippen LogP contribution in [0.5, 0.6) is 0 Å². The molecule has 0 saturated carbocycles. The van der Waals surface area contributed by atoms with Gasteiger partial charge in [0, 0.05) is 67.5 Å². The molecule has 5 rings (SSSR count). The van der Waals surface area contributed by atoms with Gasteiger partial charge in [-0.05, 0) is 36.2 Å². The van der Waals surface area contributed by atoms with Crippen molar-refractivity contribution in [1.82, 2.24) is 19.4 Å². The van der Waals surface area contributed by atoms with Gasteiger partial charge in [0.25, 0.3) is 11.8 Å². The topological polar surface area (TPSA) is 87.9 Å². The van der Waals surface area contributed by atoms with Gasteiger partial charge in [-0.1, -0.05) is 49.4 Å². The first-order valence-electron chi connectivity index (χ1n) is 13.7. The molecule has 208 valence electrons. The summed E-state index contributed by atoms with van der Waals surface area (Å²) in [4.78, 5) is 35.0. The fraction of sp³-hybridized carbons (Fsp3) is 0.344. The SMILES string of the molecule is C[C@@H]1CN([C@@H](C)CO)C(=O)c2c(c3ccccc3n2C)-c2ccccc2CO[C@H]1CN(C)C(=O)c1ccncc1. The molecule has 0 saturated heterocycles. The molecule has 0 radical (unpaired) electrons. The van der Waals surface area contributed by atoms with Crippen molar-refractivity contribution in [2.45, 2.75) is 32.6 Å². The van der Waals surface area contributed by atoms with E-state index in [9.17, 15) is 14.7 Å². The number of nitrogens with zero attached hydrogens (tertiary/aromatic N) is 4. The van der Waals surface area contributed by atoms with Crippen LogP contribution < -0.4 is 0 Å². The molecule has 3 heterocycles. The lowest BCUT2D eigenvalue weighted by molar-refractivity contribution is -0.0210. The number of amides is 2. The number of fused-ring (bicyclic) bond motifs is 5. The summed E-state index contributed by atoms with van der Waals surface area (Å²) >= 11 is 0. The molecule has 1 aliphatic heterocycles. The van der Waals surface area contributed by atoms with Crippen molar-refractivity contribution in [3.8, 4) is 11.1 Å². The quantitative estimate of drug-likeness (QED) is 0.406. The summed E-state index contributed by atoms with van der Waals surface area (Å²) < 4.78 is 8.55. The van der Waals surface area contributed by atoms with Crippen molar-refractivity contribution in [3.05, 3.63) is 89.9 Å².